The Bertz CT molecular complexity index is 481. The van der Waals surface area contributed by atoms with E-state index in [2.05, 4.69) is 40.3 Å². The van der Waals surface area contributed by atoms with E-state index in [0.29, 0.717) is 6.61 Å². The molecule has 0 radical (unpaired) electrons. The van der Waals surface area contributed by atoms with Gasteiger partial charge in [0.05, 0.1) is 0 Å². The number of hydrogen-bond acceptors (Lipinski definition) is 3. The third-order valence-corrected chi connectivity index (χ3v) is 3.99. The molecular formula is C14H16BrNOS. The van der Waals surface area contributed by atoms with Gasteiger partial charge in [0.25, 0.3) is 0 Å². The van der Waals surface area contributed by atoms with Crippen molar-refractivity contribution in [3.05, 3.63) is 50.6 Å². The minimum atomic E-state index is 0.686. The van der Waals surface area contributed by atoms with Gasteiger partial charge >= 0.3 is 0 Å². The lowest BCUT2D eigenvalue weighted by Gasteiger charge is -2.06. The smallest absolute Gasteiger partial charge is 0.119 e. The van der Waals surface area contributed by atoms with Crippen LogP contribution in [0.4, 0.5) is 0 Å². The molecule has 0 fully saturated rings. The van der Waals surface area contributed by atoms with Gasteiger partial charge < -0.3 is 10.1 Å². The van der Waals surface area contributed by atoms with E-state index in [1.54, 1.807) is 0 Å². The molecule has 1 heterocycles. The Kier molecular flexibility index (Phi) is 5.23. The van der Waals surface area contributed by atoms with Crippen molar-refractivity contribution in [1.82, 2.24) is 5.32 Å². The minimum Gasteiger partial charge on any atom is -0.492 e. The summed E-state index contributed by atoms with van der Waals surface area (Å²) >= 11 is 5.23. The van der Waals surface area contributed by atoms with E-state index >= 15 is 0 Å². The molecule has 0 amide bonds. The summed E-state index contributed by atoms with van der Waals surface area (Å²) < 4.78 is 6.69. The lowest BCUT2D eigenvalue weighted by molar-refractivity contribution is 0.314. The van der Waals surface area contributed by atoms with Crippen LogP contribution in [-0.4, -0.2) is 13.2 Å². The Morgan fingerprint density at radius 3 is 2.61 bits per heavy atom. The molecule has 0 atom stereocenters. The van der Waals surface area contributed by atoms with E-state index in [-0.39, 0.29) is 0 Å². The normalized spacial score (nSPS) is 10.6. The molecule has 96 valence electrons. The molecular weight excluding hydrogens is 310 g/mol. The second-order valence-corrected chi connectivity index (χ2v) is 6.28. The quantitative estimate of drug-likeness (QED) is 0.811. The van der Waals surface area contributed by atoms with Crippen molar-refractivity contribution in [2.24, 2.45) is 0 Å². The Morgan fingerprint density at radius 2 is 1.94 bits per heavy atom. The molecule has 0 saturated carbocycles. The van der Waals surface area contributed by atoms with E-state index in [4.69, 9.17) is 4.74 Å². The highest BCUT2D eigenvalue weighted by atomic mass is 79.9. The van der Waals surface area contributed by atoms with Crippen LogP contribution in [-0.2, 0) is 6.54 Å². The highest BCUT2D eigenvalue weighted by molar-refractivity contribution is 9.10. The molecule has 2 rings (SSSR count). The fourth-order valence-electron chi connectivity index (χ4n) is 1.56. The number of thiophene rings is 1. The van der Waals surface area contributed by atoms with Gasteiger partial charge in [-0.25, -0.2) is 0 Å². The number of halogens is 1. The second kappa shape index (κ2) is 6.92. The lowest BCUT2D eigenvalue weighted by Crippen LogP contribution is -2.20. The van der Waals surface area contributed by atoms with Gasteiger partial charge in [0, 0.05) is 27.3 Å². The molecule has 0 saturated heterocycles. The van der Waals surface area contributed by atoms with E-state index in [0.717, 1.165) is 23.3 Å². The van der Waals surface area contributed by atoms with Crippen LogP contribution < -0.4 is 10.1 Å². The Morgan fingerprint density at radius 1 is 1.17 bits per heavy atom. The average molecular weight is 326 g/mol. The summed E-state index contributed by atoms with van der Waals surface area (Å²) in [4.78, 5) is 2.73. The summed E-state index contributed by atoms with van der Waals surface area (Å²) in [5.41, 5.74) is 0. The summed E-state index contributed by atoms with van der Waals surface area (Å²) in [7, 11) is 0. The van der Waals surface area contributed by atoms with Crippen molar-refractivity contribution < 1.29 is 4.74 Å². The largest absolute Gasteiger partial charge is 0.492 e. The number of ether oxygens (including phenoxy) is 1. The predicted molar refractivity (Wildman–Crippen MR) is 80.4 cm³/mol. The van der Waals surface area contributed by atoms with Gasteiger partial charge in [0.2, 0.25) is 0 Å². The summed E-state index contributed by atoms with van der Waals surface area (Å²) in [6.07, 6.45) is 0. The van der Waals surface area contributed by atoms with Gasteiger partial charge in [-0.2, -0.15) is 0 Å². The number of rotatable bonds is 6. The molecule has 1 aromatic heterocycles. The summed E-state index contributed by atoms with van der Waals surface area (Å²) in [5.74, 6) is 0.909. The monoisotopic (exact) mass is 325 g/mol. The molecule has 1 aromatic carbocycles. The first-order chi connectivity index (χ1) is 8.74. The van der Waals surface area contributed by atoms with Crippen LogP contribution in [0.1, 0.15) is 9.75 Å². The molecule has 0 aliphatic heterocycles. The topological polar surface area (TPSA) is 21.3 Å². The standard InChI is InChI=1S/C14H16BrNOS/c1-11-2-7-14(18-11)10-16-8-9-17-13-5-3-12(15)4-6-13/h2-7,16H,8-10H2,1H3. The number of nitrogens with one attached hydrogen (secondary N) is 1. The fourth-order valence-corrected chi connectivity index (χ4v) is 2.69. The zero-order chi connectivity index (χ0) is 12.8. The maximum Gasteiger partial charge on any atom is 0.119 e. The maximum absolute atomic E-state index is 5.62. The van der Waals surface area contributed by atoms with Crippen molar-refractivity contribution in [1.29, 1.82) is 0 Å². The van der Waals surface area contributed by atoms with Crippen LogP contribution in [0.5, 0.6) is 5.75 Å². The Balaban J connectivity index is 1.63. The lowest BCUT2D eigenvalue weighted by atomic mass is 10.3. The van der Waals surface area contributed by atoms with Crippen molar-refractivity contribution >= 4 is 27.3 Å². The van der Waals surface area contributed by atoms with E-state index in [1.807, 2.05) is 35.6 Å². The van der Waals surface area contributed by atoms with Crippen LogP contribution in [0.15, 0.2) is 40.9 Å². The molecule has 18 heavy (non-hydrogen) atoms. The molecule has 0 spiro atoms. The van der Waals surface area contributed by atoms with Gasteiger partial charge in [-0.05, 0) is 43.3 Å². The van der Waals surface area contributed by atoms with Crippen molar-refractivity contribution in [2.75, 3.05) is 13.2 Å². The molecule has 0 aliphatic rings. The molecule has 4 heteroatoms. The first-order valence-corrected chi connectivity index (χ1v) is 7.49. The van der Waals surface area contributed by atoms with E-state index in [9.17, 15) is 0 Å². The highest BCUT2D eigenvalue weighted by Gasteiger charge is 1.96. The fraction of sp³-hybridized carbons (Fsp3) is 0.286. The minimum absolute atomic E-state index is 0.686. The first-order valence-electron chi connectivity index (χ1n) is 5.88. The summed E-state index contributed by atoms with van der Waals surface area (Å²) in [6, 6.07) is 12.2. The van der Waals surface area contributed by atoms with E-state index in [1.165, 1.54) is 9.75 Å². The van der Waals surface area contributed by atoms with Gasteiger partial charge in [-0.1, -0.05) is 15.9 Å². The molecule has 0 unspecified atom stereocenters. The second-order valence-electron chi connectivity index (χ2n) is 3.99. The van der Waals surface area contributed by atoms with Crippen molar-refractivity contribution in [3.8, 4) is 5.75 Å². The van der Waals surface area contributed by atoms with Gasteiger partial charge in [-0.15, -0.1) is 11.3 Å². The predicted octanol–water partition coefficient (Wildman–Crippen LogP) is 3.99. The number of aryl methyl sites for hydroxylation is 1. The van der Waals surface area contributed by atoms with Crippen molar-refractivity contribution in [2.45, 2.75) is 13.5 Å². The summed E-state index contributed by atoms with van der Waals surface area (Å²) in [6.45, 7) is 4.59. The van der Waals surface area contributed by atoms with Crippen LogP contribution in [0.2, 0.25) is 0 Å². The Labute approximate surface area is 120 Å². The molecule has 2 nitrogen and oxygen atoms in total. The summed E-state index contributed by atoms with van der Waals surface area (Å²) in [5, 5.41) is 3.37. The van der Waals surface area contributed by atoms with Gasteiger partial charge in [0.15, 0.2) is 0 Å². The van der Waals surface area contributed by atoms with Crippen LogP contribution in [0, 0.1) is 6.92 Å². The van der Waals surface area contributed by atoms with Crippen molar-refractivity contribution in [3.63, 3.8) is 0 Å². The van der Waals surface area contributed by atoms with Gasteiger partial charge in [-0.3, -0.25) is 0 Å². The average Bonchev–Trinajstić information content (AvgIpc) is 2.77. The molecule has 2 aromatic rings. The third kappa shape index (κ3) is 4.44. The maximum atomic E-state index is 5.62. The Hall–Kier alpha value is -0.840. The zero-order valence-electron chi connectivity index (χ0n) is 10.3. The highest BCUT2D eigenvalue weighted by Crippen LogP contribution is 2.16. The van der Waals surface area contributed by atoms with E-state index < -0.39 is 0 Å². The molecule has 0 bridgehead atoms. The van der Waals surface area contributed by atoms with Gasteiger partial charge in [0.1, 0.15) is 12.4 Å². The van der Waals surface area contributed by atoms with Crippen LogP contribution in [0.25, 0.3) is 0 Å². The number of hydrogen-bond donors (Lipinski definition) is 1. The number of benzene rings is 1. The molecule has 1 N–H and O–H groups in total. The van der Waals surface area contributed by atoms with Crippen LogP contribution >= 0.6 is 27.3 Å². The molecule has 0 aliphatic carbocycles. The SMILES string of the molecule is Cc1ccc(CNCCOc2ccc(Br)cc2)s1. The van der Waals surface area contributed by atoms with Crippen LogP contribution in [0.3, 0.4) is 0 Å². The first kappa shape index (κ1) is 13.6. The third-order valence-electron chi connectivity index (χ3n) is 2.46. The zero-order valence-corrected chi connectivity index (χ0v) is 12.7.